The molecule has 0 bridgehead atoms. The molecule has 0 fully saturated rings. The molecule has 0 aliphatic rings. The van der Waals surface area contributed by atoms with Gasteiger partial charge in [-0.3, -0.25) is 9.59 Å². The van der Waals surface area contributed by atoms with Gasteiger partial charge in [-0.15, -0.1) is 6.58 Å². The minimum absolute atomic E-state index is 0.271. The van der Waals surface area contributed by atoms with Gasteiger partial charge >= 0.3 is 0 Å². The smallest absolute Gasteiger partial charge is 0.254 e. The summed E-state index contributed by atoms with van der Waals surface area (Å²) in [4.78, 5) is 22.9. The Labute approximate surface area is 109 Å². The Hall–Kier alpha value is -2.24. The average Bonchev–Trinajstić information content (AvgIpc) is 2.33. The summed E-state index contributed by atoms with van der Waals surface area (Å²) < 4.78 is 26.1. The minimum Gasteiger partial charge on any atom is -0.368 e. The molecule has 102 valence electrons. The summed E-state index contributed by atoms with van der Waals surface area (Å²) in [5.41, 5.74) is 4.78. The van der Waals surface area contributed by atoms with Crippen LogP contribution >= 0.6 is 0 Å². The quantitative estimate of drug-likeness (QED) is 0.768. The van der Waals surface area contributed by atoms with E-state index in [0.29, 0.717) is 12.5 Å². The van der Waals surface area contributed by atoms with Gasteiger partial charge in [0.15, 0.2) is 0 Å². The zero-order chi connectivity index (χ0) is 14.4. The number of nitrogens with two attached hydrogens (primary N) is 1. The van der Waals surface area contributed by atoms with Crippen LogP contribution < -0.4 is 11.1 Å². The molecular formula is C13H14F2N2O2. The molecule has 0 aliphatic carbocycles. The third-order valence-electron chi connectivity index (χ3n) is 2.48. The fourth-order valence-electron chi connectivity index (χ4n) is 1.48. The van der Waals surface area contributed by atoms with Crippen molar-refractivity contribution in [3.63, 3.8) is 0 Å². The number of primary amides is 1. The van der Waals surface area contributed by atoms with Crippen molar-refractivity contribution in [3.05, 3.63) is 48.1 Å². The van der Waals surface area contributed by atoms with Crippen LogP contribution in [-0.4, -0.2) is 17.9 Å². The van der Waals surface area contributed by atoms with E-state index in [1.807, 2.05) is 0 Å². The van der Waals surface area contributed by atoms with Crippen molar-refractivity contribution < 1.29 is 18.4 Å². The van der Waals surface area contributed by atoms with Crippen LogP contribution in [0.1, 0.15) is 23.2 Å². The molecule has 19 heavy (non-hydrogen) atoms. The lowest BCUT2D eigenvalue weighted by Gasteiger charge is -2.14. The van der Waals surface area contributed by atoms with Gasteiger partial charge in [0.1, 0.15) is 17.7 Å². The monoisotopic (exact) mass is 268 g/mol. The molecule has 3 N–H and O–H groups in total. The van der Waals surface area contributed by atoms with E-state index < -0.39 is 29.5 Å². The summed E-state index contributed by atoms with van der Waals surface area (Å²) in [6, 6.07) is 1.64. The van der Waals surface area contributed by atoms with E-state index in [2.05, 4.69) is 11.9 Å². The Kier molecular flexibility index (Phi) is 5.17. The van der Waals surface area contributed by atoms with Crippen LogP contribution in [0.4, 0.5) is 8.78 Å². The van der Waals surface area contributed by atoms with Gasteiger partial charge in [-0.25, -0.2) is 8.78 Å². The fourth-order valence-corrected chi connectivity index (χ4v) is 1.48. The summed E-state index contributed by atoms with van der Waals surface area (Å²) >= 11 is 0. The first kappa shape index (κ1) is 14.8. The average molecular weight is 268 g/mol. The molecule has 1 atom stereocenters. The van der Waals surface area contributed by atoms with Gasteiger partial charge in [-0.1, -0.05) is 6.08 Å². The number of rotatable bonds is 6. The Balaban J connectivity index is 2.81. The first-order valence-electron chi connectivity index (χ1n) is 5.62. The molecule has 1 aromatic carbocycles. The summed E-state index contributed by atoms with van der Waals surface area (Å²) in [5, 5.41) is 2.30. The zero-order valence-corrected chi connectivity index (χ0v) is 10.2. The minimum atomic E-state index is -0.996. The second kappa shape index (κ2) is 6.63. The molecule has 0 saturated carbocycles. The van der Waals surface area contributed by atoms with Crippen LogP contribution in [0.25, 0.3) is 0 Å². The SMILES string of the molecule is C=CCC[C@H](NC(=O)c1ccc(F)cc1F)C(N)=O. The van der Waals surface area contributed by atoms with Gasteiger partial charge in [0.25, 0.3) is 5.91 Å². The molecule has 4 nitrogen and oxygen atoms in total. The lowest BCUT2D eigenvalue weighted by Crippen LogP contribution is -2.44. The Morgan fingerprint density at radius 3 is 2.63 bits per heavy atom. The molecule has 0 aliphatic heterocycles. The highest BCUT2D eigenvalue weighted by molar-refractivity contribution is 5.97. The molecule has 0 unspecified atom stereocenters. The van der Waals surface area contributed by atoms with Gasteiger partial charge in [-0.05, 0) is 25.0 Å². The van der Waals surface area contributed by atoms with Crippen molar-refractivity contribution in [2.45, 2.75) is 18.9 Å². The number of benzene rings is 1. The topological polar surface area (TPSA) is 72.2 Å². The number of carbonyl (C=O) groups excluding carboxylic acids is 2. The van der Waals surface area contributed by atoms with E-state index in [4.69, 9.17) is 5.73 Å². The highest BCUT2D eigenvalue weighted by Gasteiger charge is 2.20. The number of allylic oxidation sites excluding steroid dienone is 1. The Morgan fingerprint density at radius 1 is 1.42 bits per heavy atom. The molecule has 6 heteroatoms. The first-order valence-corrected chi connectivity index (χ1v) is 5.62. The lowest BCUT2D eigenvalue weighted by atomic mass is 10.1. The van der Waals surface area contributed by atoms with Crippen LogP contribution in [0, 0.1) is 11.6 Å². The van der Waals surface area contributed by atoms with E-state index >= 15 is 0 Å². The molecule has 0 spiro atoms. The van der Waals surface area contributed by atoms with Crippen molar-refractivity contribution in [2.24, 2.45) is 5.73 Å². The molecule has 1 rings (SSSR count). The number of halogens is 2. The van der Waals surface area contributed by atoms with Gasteiger partial charge in [0, 0.05) is 6.07 Å². The molecule has 0 heterocycles. The predicted molar refractivity (Wildman–Crippen MR) is 66.2 cm³/mol. The molecule has 2 amide bonds. The second-order valence-corrected chi connectivity index (χ2v) is 3.92. The van der Waals surface area contributed by atoms with Gasteiger partial charge in [-0.2, -0.15) is 0 Å². The van der Waals surface area contributed by atoms with Crippen molar-refractivity contribution in [3.8, 4) is 0 Å². The number of amides is 2. The van der Waals surface area contributed by atoms with Crippen LogP contribution in [-0.2, 0) is 4.79 Å². The molecule has 1 aromatic rings. The van der Waals surface area contributed by atoms with Crippen LogP contribution in [0.15, 0.2) is 30.9 Å². The third-order valence-corrected chi connectivity index (χ3v) is 2.48. The van der Waals surface area contributed by atoms with Gasteiger partial charge < -0.3 is 11.1 Å². The number of nitrogens with one attached hydrogen (secondary N) is 1. The Morgan fingerprint density at radius 2 is 2.11 bits per heavy atom. The molecular weight excluding hydrogens is 254 g/mol. The largest absolute Gasteiger partial charge is 0.368 e. The van der Waals surface area contributed by atoms with Crippen molar-refractivity contribution in [2.75, 3.05) is 0 Å². The Bertz CT molecular complexity index is 503. The maximum absolute atomic E-state index is 13.4. The molecule has 0 radical (unpaired) electrons. The van der Waals surface area contributed by atoms with Crippen LogP contribution in [0.2, 0.25) is 0 Å². The van der Waals surface area contributed by atoms with E-state index in [1.54, 1.807) is 6.08 Å². The molecule has 0 saturated heterocycles. The highest BCUT2D eigenvalue weighted by Crippen LogP contribution is 2.10. The maximum atomic E-state index is 13.4. The maximum Gasteiger partial charge on any atom is 0.254 e. The highest BCUT2D eigenvalue weighted by atomic mass is 19.1. The summed E-state index contributed by atoms with van der Waals surface area (Å²) in [6.07, 6.45) is 2.31. The lowest BCUT2D eigenvalue weighted by molar-refractivity contribution is -0.119. The first-order chi connectivity index (χ1) is 8.95. The summed E-state index contributed by atoms with van der Waals surface area (Å²) in [5.74, 6) is -3.32. The standard InChI is InChI=1S/C13H14F2N2O2/c1-2-3-4-11(12(16)18)17-13(19)9-6-5-8(14)7-10(9)15/h2,5-7,11H,1,3-4H2,(H2,16,18)(H,17,19)/t11-/m0/s1. The van der Waals surface area contributed by atoms with Crippen molar-refractivity contribution >= 4 is 11.8 Å². The van der Waals surface area contributed by atoms with Crippen LogP contribution in [0.5, 0.6) is 0 Å². The van der Waals surface area contributed by atoms with Gasteiger partial charge in [0.05, 0.1) is 5.56 Å². The third kappa shape index (κ3) is 4.17. The number of carbonyl (C=O) groups is 2. The molecule has 0 aromatic heterocycles. The van der Waals surface area contributed by atoms with Gasteiger partial charge in [0.2, 0.25) is 5.91 Å². The van der Waals surface area contributed by atoms with E-state index in [-0.39, 0.29) is 12.0 Å². The normalized spacial score (nSPS) is 11.7. The van der Waals surface area contributed by atoms with E-state index in [0.717, 1.165) is 12.1 Å². The number of hydrogen-bond acceptors (Lipinski definition) is 2. The zero-order valence-electron chi connectivity index (χ0n) is 10.2. The number of hydrogen-bond donors (Lipinski definition) is 2. The van der Waals surface area contributed by atoms with Crippen molar-refractivity contribution in [1.29, 1.82) is 0 Å². The predicted octanol–water partition coefficient (Wildman–Crippen LogP) is 1.51. The van der Waals surface area contributed by atoms with E-state index in [9.17, 15) is 18.4 Å². The summed E-state index contributed by atoms with van der Waals surface area (Å²) in [7, 11) is 0. The summed E-state index contributed by atoms with van der Waals surface area (Å²) in [6.45, 7) is 3.49. The van der Waals surface area contributed by atoms with Crippen molar-refractivity contribution in [1.82, 2.24) is 5.32 Å². The van der Waals surface area contributed by atoms with Crippen LogP contribution in [0.3, 0.4) is 0 Å². The fraction of sp³-hybridized carbons (Fsp3) is 0.231. The van der Waals surface area contributed by atoms with E-state index in [1.165, 1.54) is 0 Å². The second-order valence-electron chi connectivity index (χ2n) is 3.92.